The molecule has 0 aromatic heterocycles. The van der Waals surface area contributed by atoms with E-state index in [-0.39, 0.29) is 0 Å². The number of likely N-dealkylation sites (tertiary alicyclic amines) is 1. The fourth-order valence-electron chi connectivity index (χ4n) is 4.13. The molecule has 0 aliphatic carbocycles. The first-order chi connectivity index (χ1) is 10.7. The maximum absolute atomic E-state index is 5.91. The maximum atomic E-state index is 5.91. The third-order valence-electron chi connectivity index (χ3n) is 5.49. The van der Waals surface area contributed by atoms with E-state index in [1.807, 2.05) is 7.05 Å². The molecule has 3 aliphatic heterocycles. The summed E-state index contributed by atoms with van der Waals surface area (Å²) in [6.07, 6.45) is 7.10. The van der Waals surface area contributed by atoms with Gasteiger partial charge in [0, 0.05) is 26.2 Å². The molecule has 3 aliphatic rings. The summed E-state index contributed by atoms with van der Waals surface area (Å²) in [5, 5.41) is 7.11. The third kappa shape index (κ3) is 3.74. The molecule has 4 unspecified atom stereocenters. The normalized spacial score (nSPS) is 36.1. The summed E-state index contributed by atoms with van der Waals surface area (Å²) in [5.74, 6) is 1.67. The molecule has 0 spiro atoms. The zero-order chi connectivity index (χ0) is 15.5. The van der Waals surface area contributed by atoms with Gasteiger partial charge in [-0.05, 0) is 58.4 Å². The predicted molar refractivity (Wildman–Crippen MR) is 90.2 cm³/mol. The number of aliphatic imine (C=N–C) groups is 1. The number of piperidine rings is 1. The van der Waals surface area contributed by atoms with Gasteiger partial charge in [-0.3, -0.25) is 4.99 Å². The van der Waals surface area contributed by atoms with E-state index in [4.69, 9.17) is 4.74 Å². The van der Waals surface area contributed by atoms with Gasteiger partial charge in [-0.1, -0.05) is 0 Å². The molecule has 2 N–H and O–H groups in total. The van der Waals surface area contributed by atoms with E-state index < -0.39 is 0 Å². The van der Waals surface area contributed by atoms with Gasteiger partial charge in [0.25, 0.3) is 0 Å². The predicted octanol–water partition coefficient (Wildman–Crippen LogP) is 1.59. The first kappa shape index (κ1) is 16.1. The molecule has 0 aromatic rings. The van der Waals surface area contributed by atoms with Crippen molar-refractivity contribution in [2.45, 2.75) is 70.2 Å². The molecule has 5 heteroatoms. The number of rotatable bonds is 4. The van der Waals surface area contributed by atoms with Crippen LogP contribution in [-0.2, 0) is 4.74 Å². The van der Waals surface area contributed by atoms with Gasteiger partial charge < -0.3 is 20.3 Å². The second kappa shape index (κ2) is 7.18. The van der Waals surface area contributed by atoms with Gasteiger partial charge in [0.15, 0.2) is 5.96 Å². The van der Waals surface area contributed by atoms with Crippen molar-refractivity contribution in [1.82, 2.24) is 15.5 Å². The molecule has 3 rings (SSSR count). The van der Waals surface area contributed by atoms with Gasteiger partial charge in [-0.15, -0.1) is 0 Å². The number of hydrogen-bond donors (Lipinski definition) is 2. The van der Waals surface area contributed by atoms with E-state index in [1.54, 1.807) is 0 Å². The van der Waals surface area contributed by atoms with Gasteiger partial charge in [-0.2, -0.15) is 0 Å². The van der Waals surface area contributed by atoms with Crippen LogP contribution in [-0.4, -0.2) is 61.8 Å². The van der Waals surface area contributed by atoms with E-state index in [9.17, 15) is 0 Å². The molecule has 3 fully saturated rings. The molecule has 5 nitrogen and oxygen atoms in total. The highest BCUT2D eigenvalue weighted by atomic mass is 16.5. The standard InChI is InChI=1S/C17H32N4O/c1-12(2)21-8-4-5-13(11-21)10-19-17(18-3)20-15-9-14-6-7-16(15)22-14/h12-16H,4-11H2,1-3H3,(H2,18,19,20). The summed E-state index contributed by atoms with van der Waals surface area (Å²) >= 11 is 0. The summed E-state index contributed by atoms with van der Waals surface area (Å²) in [6.45, 7) is 8.07. The van der Waals surface area contributed by atoms with Crippen LogP contribution in [0.5, 0.6) is 0 Å². The van der Waals surface area contributed by atoms with E-state index in [0.29, 0.717) is 24.3 Å². The zero-order valence-electron chi connectivity index (χ0n) is 14.3. The van der Waals surface area contributed by atoms with Crippen molar-refractivity contribution in [3.8, 4) is 0 Å². The zero-order valence-corrected chi connectivity index (χ0v) is 14.3. The summed E-state index contributed by atoms with van der Waals surface area (Å²) < 4.78 is 5.91. The van der Waals surface area contributed by atoms with E-state index in [1.165, 1.54) is 38.8 Å². The molecule has 0 saturated carbocycles. The quantitative estimate of drug-likeness (QED) is 0.612. The van der Waals surface area contributed by atoms with Crippen molar-refractivity contribution in [3.05, 3.63) is 0 Å². The van der Waals surface area contributed by atoms with Crippen LogP contribution in [0.1, 0.15) is 46.0 Å². The van der Waals surface area contributed by atoms with Crippen LogP contribution in [0.3, 0.4) is 0 Å². The highest BCUT2D eigenvalue weighted by Crippen LogP contribution is 2.34. The highest BCUT2D eigenvalue weighted by molar-refractivity contribution is 5.80. The van der Waals surface area contributed by atoms with Crippen molar-refractivity contribution in [2.75, 3.05) is 26.7 Å². The van der Waals surface area contributed by atoms with E-state index in [0.717, 1.165) is 24.8 Å². The lowest BCUT2D eigenvalue weighted by atomic mass is 9.95. The van der Waals surface area contributed by atoms with Crippen LogP contribution < -0.4 is 10.6 Å². The SMILES string of the molecule is CN=C(NCC1CCCN(C(C)C)C1)NC1CC2CCC1O2. The number of guanidine groups is 1. The summed E-state index contributed by atoms with van der Waals surface area (Å²) in [7, 11) is 1.87. The summed E-state index contributed by atoms with van der Waals surface area (Å²) in [6, 6.07) is 1.11. The number of nitrogens with one attached hydrogen (secondary N) is 2. The van der Waals surface area contributed by atoms with Crippen molar-refractivity contribution >= 4 is 5.96 Å². The van der Waals surface area contributed by atoms with Gasteiger partial charge in [0.05, 0.1) is 18.2 Å². The Kier molecular flexibility index (Phi) is 5.24. The second-order valence-electron chi connectivity index (χ2n) is 7.41. The number of hydrogen-bond acceptors (Lipinski definition) is 3. The Morgan fingerprint density at radius 1 is 1.32 bits per heavy atom. The Bertz CT molecular complexity index is 398. The fourth-order valence-corrected chi connectivity index (χ4v) is 4.13. The molecular weight excluding hydrogens is 276 g/mol. The molecular formula is C17H32N4O. The van der Waals surface area contributed by atoms with Gasteiger partial charge in [0.2, 0.25) is 0 Å². The molecule has 2 bridgehead atoms. The number of nitrogens with zero attached hydrogens (tertiary/aromatic N) is 2. The van der Waals surface area contributed by atoms with Crippen LogP contribution in [0, 0.1) is 5.92 Å². The van der Waals surface area contributed by atoms with Gasteiger partial charge >= 0.3 is 0 Å². The molecule has 3 heterocycles. The highest BCUT2D eigenvalue weighted by Gasteiger charge is 2.41. The minimum Gasteiger partial charge on any atom is -0.373 e. The van der Waals surface area contributed by atoms with Crippen LogP contribution in [0.15, 0.2) is 4.99 Å². The van der Waals surface area contributed by atoms with Crippen molar-refractivity contribution < 1.29 is 4.74 Å². The first-order valence-corrected chi connectivity index (χ1v) is 9.02. The molecule has 22 heavy (non-hydrogen) atoms. The largest absolute Gasteiger partial charge is 0.373 e. The topological polar surface area (TPSA) is 48.9 Å². The maximum Gasteiger partial charge on any atom is 0.191 e. The first-order valence-electron chi connectivity index (χ1n) is 9.02. The lowest BCUT2D eigenvalue weighted by Gasteiger charge is -2.35. The Hall–Kier alpha value is -0.810. The van der Waals surface area contributed by atoms with Crippen LogP contribution in [0.25, 0.3) is 0 Å². The number of fused-ring (bicyclic) bond motifs is 2. The number of ether oxygens (including phenoxy) is 1. The molecule has 0 amide bonds. The average molecular weight is 308 g/mol. The third-order valence-corrected chi connectivity index (χ3v) is 5.49. The fraction of sp³-hybridized carbons (Fsp3) is 0.941. The van der Waals surface area contributed by atoms with E-state index in [2.05, 4.69) is 34.4 Å². The van der Waals surface area contributed by atoms with E-state index >= 15 is 0 Å². The smallest absolute Gasteiger partial charge is 0.191 e. The van der Waals surface area contributed by atoms with Gasteiger partial charge in [-0.25, -0.2) is 0 Å². The minimum atomic E-state index is 0.398. The minimum absolute atomic E-state index is 0.398. The molecule has 126 valence electrons. The summed E-state index contributed by atoms with van der Waals surface area (Å²) in [4.78, 5) is 6.99. The van der Waals surface area contributed by atoms with Gasteiger partial charge in [0.1, 0.15) is 0 Å². The Morgan fingerprint density at radius 2 is 2.18 bits per heavy atom. The molecule has 0 radical (unpaired) electrons. The van der Waals surface area contributed by atoms with Crippen LogP contribution in [0.2, 0.25) is 0 Å². The van der Waals surface area contributed by atoms with Crippen molar-refractivity contribution in [2.24, 2.45) is 10.9 Å². The van der Waals surface area contributed by atoms with Crippen LogP contribution in [0.4, 0.5) is 0 Å². The average Bonchev–Trinajstić information content (AvgIpc) is 3.14. The van der Waals surface area contributed by atoms with Crippen LogP contribution >= 0.6 is 0 Å². The Balaban J connectivity index is 1.43. The lowest BCUT2D eigenvalue weighted by molar-refractivity contribution is 0.0991. The van der Waals surface area contributed by atoms with Crippen molar-refractivity contribution in [3.63, 3.8) is 0 Å². The monoisotopic (exact) mass is 308 g/mol. The Labute approximate surface area is 134 Å². The molecule has 0 aromatic carbocycles. The second-order valence-corrected chi connectivity index (χ2v) is 7.41. The summed E-state index contributed by atoms with van der Waals surface area (Å²) in [5.41, 5.74) is 0. The Morgan fingerprint density at radius 3 is 2.82 bits per heavy atom. The lowest BCUT2D eigenvalue weighted by Crippen LogP contribution is -2.50. The molecule has 3 saturated heterocycles. The van der Waals surface area contributed by atoms with Crippen molar-refractivity contribution in [1.29, 1.82) is 0 Å². The molecule has 4 atom stereocenters.